The van der Waals surface area contributed by atoms with Gasteiger partial charge in [-0.05, 0) is 47.1 Å². The van der Waals surface area contributed by atoms with Crippen LogP contribution in [-0.4, -0.2) is 21.1 Å². The molecule has 0 fully saturated rings. The van der Waals surface area contributed by atoms with Crippen molar-refractivity contribution in [1.82, 2.24) is 14.9 Å². The minimum Gasteiger partial charge on any atom is -0.250 e. The third-order valence-corrected chi connectivity index (χ3v) is 4.97. The van der Waals surface area contributed by atoms with Crippen LogP contribution in [0.25, 0.3) is 22.5 Å². The number of aromatic amines is 1. The van der Waals surface area contributed by atoms with Gasteiger partial charge in [-0.25, -0.2) is 5.10 Å². The van der Waals surface area contributed by atoms with Crippen molar-refractivity contribution in [3.05, 3.63) is 93.2 Å². The molecule has 1 aromatic heterocycles. The summed E-state index contributed by atoms with van der Waals surface area (Å²) in [5.74, 6) is 0.517. The molecule has 0 radical (unpaired) electrons. The first-order chi connectivity index (χ1) is 13.6. The van der Waals surface area contributed by atoms with Crippen molar-refractivity contribution in [3.8, 4) is 22.5 Å². The number of halogens is 2. The molecule has 1 heterocycles. The lowest BCUT2D eigenvalue weighted by Crippen LogP contribution is -1.95. The van der Waals surface area contributed by atoms with Crippen LogP contribution in [0.3, 0.4) is 0 Å². The molecular formula is C21H14Cl2N4S. The van der Waals surface area contributed by atoms with Crippen molar-refractivity contribution in [3.63, 3.8) is 0 Å². The number of rotatable bonds is 4. The third kappa shape index (κ3) is 3.92. The second-order valence-corrected chi connectivity index (χ2v) is 7.25. The Balaban J connectivity index is 1.64. The Morgan fingerprint density at radius 3 is 2.36 bits per heavy atom. The summed E-state index contributed by atoms with van der Waals surface area (Å²) >= 11 is 17.6. The summed E-state index contributed by atoms with van der Waals surface area (Å²) < 4.78 is 1.91. The van der Waals surface area contributed by atoms with E-state index in [0.717, 1.165) is 11.1 Å². The zero-order valence-corrected chi connectivity index (χ0v) is 16.8. The summed E-state index contributed by atoms with van der Waals surface area (Å²) in [6.45, 7) is 0. The second kappa shape index (κ2) is 8.10. The standard InChI is InChI=1S/C21H14Cl2N4S/c22-17-10-11-18(19(23)12-17)20-25-26-21(28)27(20)24-13-14-6-8-16(9-7-14)15-4-2-1-3-5-15/h1-13H,(H,26,28). The topological polar surface area (TPSA) is 46.0 Å². The number of aromatic nitrogens is 3. The Morgan fingerprint density at radius 1 is 0.929 bits per heavy atom. The molecule has 0 atom stereocenters. The number of nitrogens with one attached hydrogen (secondary N) is 1. The van der Waals surface area contributed by atoms with E-state index in [0.29, 0.717) is 26.2 Å². The molecule has 0 saturated carbocycles. The highest BCUT2D eigenvalue weighted by Gasteiger charge is 2.12. The Kier molecular flexibility index (Phi) is 5.39. The van der Waals surface area contributed by atoms with Gasteiger partial charge in [0.15, 0.2) is 5.82 Å². The maximum absolute atomic E-state index is 6.30. The number of hydrogen-bond donors (Lipinski definition) is 1. The van der Waals surface area contributed by atoms with E-state index in [2.05, 4.69) is 39.6 Å². The Bertz CT molecular complexity index is 1200. The van der Waals surface area contributed by atoms with Gasteiger partial charge in [-0.15, -0.1) is 0 Å². The first kappa shape index (κ1) is 18.6. The fraction of sp³-hybridized carbons (Fsp3) is 0. The first-order valence-corrected chi connectivity index (χ1v) is 9.61. The maximum atomic E-state index is 6.30. The van der Waals surface area contributed by atoms with Crippen LogP contribution >= 0.6 is 35.4 Å². The highest BCUT2D eigenvalue weighted by molar-refractivity contribution is 7.71. The predicted molar refractivity (Wildman–Crippen MR) is 118 cm³/mol. The lowest BCUT2D eigenvalue weighted by Gasteiger charge is -2.04. The predicted octanol–water partition coefficient (Wildman–Crippen LogP) is 6.46. The molecule has 0 aliphatic carbocycles. The molecule has 4 aromatic rings. The summed E-state index contributed by atoms with van der Waals surface area (Å²) in [6, 6.07) is 23.5. The second-order valence-electron chi connectivity index (χ2n) is 6.02. The first-order valence-electron chi connectivity index (χ1n) is 8.44. The number of H-pyrrole nitrogens is 1. The molecule has 0 amide bonds. The fourth-order valence-electron chi connectivity index (χ4n) is 2.76. The van der Waals surface area contributed by atoms with Crippen molar-refractivity contribution < 1.29 is 0 Å². The van der Waals surface area contributed by atoms with Gasteiger partial charge in [0.2, 0.25) is 4.77 Å². The van der Waals surface area contributed by atoms with Gasteiger partial charge >= 0.3 is 0 Å². The average molecular weight is 425 g/mol. The molecule has 4 nitrogen and oxygen atoms in total. The van der Waals surface area contributed by atoms with E-state index in [-0.39, 0.29) is 0 Å². The van der Waals surface area contributed by atoms with Crippen LogP contribution in [0.4, 0.5) is 0 Å². The maximum Gasteiger partial charge on any atom is 0.216 e. The van der Waals surface area contributed by atoms with E-state index in [1.54, 1.807) is 24.4 Å². The molecule has 7 heteroatoms. The minimum atomic E-state index is 0.373. The molecule has 3 aromatic carbocycles. The molecular weight excluding hydrogens is 411 g/mol. The summed E-state index contributed by atoms with van der Waals surface area (Å²) in [5.41, 5.74) is 3.94. The lowest BCUT2D eigenvalue weighted by atomic mass is 10.0. The number of benzene rings is 3. The Hall–Kier alpha value is -2.73. The SMILES string of the molecule is S=c1[nH]nc(-c2ccc(Cl)cc2Cl)n1N=Cc1ccc(-c2ccccc2)cc1. The van der Waals surface area contributed by atoms with Crippen molar-refractivity contribution in [2.24, 2.45) is 5.10 Å². The monoisotopic (exact) mass is 424 g/mol. The molecule has 0 unspecified atom stereocenters. The summed E-state index contributed by atoms with van der Waals surface area (Å²) in [4.78, 5) is 0. The smallest absolute Gasteiger partial charge is 0.216 e. The summed E-state index contributed by atoms with van der Waals surface area (Å²) in [5, 5.41) is 12.5. The van der Waals surface area contributed by atoms with E-state index in [1.165, 1.54) is 10.2 Å². The zero-order valence-electron chi connectivity index (χ0n) is 14.5. The van der Waals surface area contributed by atoms with Crippen LogP contribution in [-0.2, 0) is 0 Å². The van der Waals surface area contributed by atoms with Gasteiger partial charge in [0.05, 0.1) is 11.2 Å². The zero-order chi connectivity index (χ0) is 19.5. The largest absolute Gasteiger partial charge is 0.250 e. The van der Waals surface area contributed by atoms with Crippen LogP contribution < -0.4 is 0 Å². The van der Waals surface area contributed by atoms with Crippen molar-refractivity contribution in [2.75, 3.05) is 0 Å². The average Bonchev–Trinajstić information content (AvgIpc) is 3.08. The van der Waals surface area contributed by atoms with E-state index >= 15 is 0 Å². The molecule has 0 spiro atoms. The quantitative estimate of drug-likeness (QED) is 0.301. The molecule has 138 valence electrons. The number of hydrogen-bond acceptors (Lipinski definition) is 3. The van der Waals surface area contributed by atoms with Gasteiger partial charge in [-0.2, -0.15) is 14.9 Å². The van der Waals surface area contributed by atoms with Gasteiger partial charge in [0.1, 0.15) is 0 Å². The van der Waals surface area contributed by atoms with Gasteiger partial charge in [-0.1, -0.05) is 77.8 Å². The van der Waals surface area contributed by atoms with E-state index in [4.69, 9.17) is 35.4 Å². The van der Waals surface area contributed by atoms with Gasteiger partial charge in [0.25, 0.3) is 0 Å². The summed E-state index contributed by atoms with van der Waals surface area (Å²) in [6.07, 6.45) is 1.73. The number of nitrogens with zero attached hydrogens (tertiary/aromatic N) is 3. The van der Waals surface area contributed by atoms with Crippen LogP contribution in [0.2, 0.25) is 10.0 Å². The third-order valence-electron chi connectivity index (χ3n) is 4.16. The Labute approximate surface area is 177 Å². The van der Waals surface area contributed by atoms with Crippen LogP contribution in [0.1, 0.15) is 5.56 Å². The molecule has 1 N–H and O–H groups in total. The lowest BCUT2D eigenvalue weighted by molar-refractivity contribution is 0.871. The highest BCUT2D eigenvalue weighted by atomic mass is 35.5. The van der Waals surface area contributed by atoms with Gasteiger partial charge < -0.3 is 0 Å². The van der Waals surface area contributed by atoms with Gasteiger partial charge in [0, 0.05) is 10.6 Å². The molecule has 28 heavy (non-hydrogen) atoms. The molecule has 4 rings (SSSR count). The summed E-state index contributed by atoms with van der Waals surface area (Å²) in [7, 11) is 0. The van der Waals surface area contributed by atoms with Crippen LogP contribution in [0.15, 0.2) is 77.9 Å². The normalized spacial score (nSPS) is 11.2. The van der Waals surface area contributed by atoms with E-state index in [9.17, 15) is 0 Å². The van der Waals surface area contributed by atoms with Crippen molar-refractivity contribution in [1.29, 1.82) is 0 Å². The fourth-order valence-corrected chi connectivity index (χ4v) is 3.43. The highest BCUT2D eigenvalue weighted by Crippen LogP contribution is 2.29. The molecule has 0 saturated heterocycles. The van der Waals surface area contributed by atoms with Crippen LogP contribution in [0.5, 0.6) is 0 Å². The molecule has 0 aliphatic rings. The molecule has 0 bridgehead atoms. The van der Waals surface area contributed by atoms with Crippen molar-refractivity contribution in [2.45, 2.75) is 0 Å². The Morgan fingerprint density at radius 2 is 1.64 bits per heavy atom. The molecule has 0 aliphatic heterocycles. The minimum absolute atomic E-state index is 0.373. The van der Waals surface area contributed by atoms with Crippen LogP contribution in [0, 0.1) is 4.77 Å². The van der Waals surface area contributed by atoms with E-state index < -0.39 is 0 Å². The van der Waals surface area contributed by atoms with E-state index in [1.807, 2.05) is 30.3 Å². The van der Waals surface area contributed by atoms with Gasteiger partial charge in [-0.3, -0.25) is 0 Å². The van der Waals surface area contributed by atoms with Crippen molar-refractivity contribution >= 4 is 41.6 Å².